The summed E-state index contributed by atoms with van der Waals surface area (Å²) in [4.78, 5) is 3.49. The molecule has 1 heterocycles. The summed E-state index contributed by atoms with van der Waals surface area (Å²) in [7, 11) is 1.26. The molecule has 0 spiro atoms. The first-order valence-corrected chi connectivity index (χ1v) is 7.59. The Morgan fingerprint density at radius 1 is 1.26 bits per heavy atom. The Labute approximate surface area is 118 Å². The maximum absolute atomic E-state index is 13.0. The molecule has 0 saturated carbocycles. The monoisotopic (exact) mass is 321 g/mol. The molecule has 1 aromatic heterocycles. The van der Waals surface area contributed by atoms with Crippen LogP contribution in [0.2, 0.25) is 5.02 Å². The molecule has 0 saturated heterocycles. The van der Waals surface area contributed by atoms with Crippen molar-refractivity contribution < 1.29 is 17.5 Å². The summed E-state index contributed by atoms with van der Waals surface area (Å²) in [6, 6.07) is 6.24. The zero-order valence-electron chi connectivity index (χ0n) is 9.18. The fourth-order valence-corrected chi connectivity index (χ4v) is 2.36. The van der Waals surface area contributed by atoms with Gasteiger partial charge in [0.1, 0.15) is 16.5 Å². The highest BCUT2D eigenvalue weighted by Crippen LogP contribution is 2.30. The van der Waals surface area contributed by atoms with Crippen molar-refractivity contribution in [3.63, 3.8) is 0 Å². The van der Waals surface area contributed by atoms with E-state index in [1.165, 1.54) is 30.5 Å². The van der Waals surface area contributed by atoms with E-state index in [-0.39, 0.29) is 21.5 Å². The fraction of sp³-hybridized carbons (Fsp3) is 0. The van der Waals surface area contributed by atoms with Gasteiger partial charge in [-0.2, -0.15) is 0 Å². The molecule has 100 valence electrons. The molecule has 0 aliphatic heterocycles. The molecule has 0 amide bonds. The van der Waals surface area contributed by atoms with Crippen LogP contribution in [-0.4, -0.2) is 13.4 Å². The van der Waals surface area contributed by atoms with Crippen LogP contribution in [0, 0.1) is 5.82 Å². The first kappa shape index (κ1) is 14.0. The minimum Gasteiger partial charge on any atom is -0.438 e. The van der Waals surface area contributed by atoms with E-state index >= 15 is 0 Å². The summed E-state index contributed by atoms with van der Waals surface area (Å²) in [5.74, 6) is -0.674. The molecule has 4 nitrogen and oxygen atoms in total. The van der Waals surface area contributed by atoms with Crippen molar-refractivity contribution in [2.75, 3.05) is 0 Å². The van der Waals surface area contributed by atoms with Crippen molar-refractivity contribution in [1.82, 2.24) is 4.98 Å². The number of pyridine rings is 1. The van der Waals surface area contributed by atoms with Gasteiger partial charge in [-0.1, -0.05) is 11.6 Å². The number of ether oxygens (including phenoxy) is 1. The molecular formula is C11H6Cl2FNO3S. The van der Waals surface area contributed by atoms with Crippen LogP contribution in [0.1, 0.15) is 0 Å². The van der Waals surface area contributed by atoms with Crippen molar-refractivity contribution in [3.8, 4) is 11.6 Å². The molecule has 0 fully saturated rings. The molecule has 0 atom stereocenters. The summed E-state index contributed by atoms with van der Waals surface area (Å²) in [6.45, 7) is 0. The number of rotatable bonds is 3. The molecule has 0 radical (unpaired) electrons. The molecule has 19 heavy (non-hydrogen) atoms. The Balaban J connectivity index is 2.41. The van der Waals surface area contributed by atoms with Gasteiger partial charge in [-0.25, -0.2) is 17.8 Å². The topological polar surface area (TPSA) is 56.3 Å². The number of benzene rings is 1. The largest absolute Gasteiger partial charge is 0.438 e. The lowest BCUT2D eigenvalue weighted by atomic mass is 10.3. The van der Waals surface area contributed by atoms with Gasteiger partial charge < -0.3 is 4.74 Å². The van der Waals surface area contributed by atoms with Gasteiger partial charge in [-0.05, 0) is 24.3 Å². The van der Waals surface area contributed by atoms with Gasteiger partial charge >= 0.3 is 0 Å². The summed E-state index contributed by atoms with van der Waals surface area (Å²) in [5, 5.41) is -0.149. The van der Waals surface area contributed by atoms with Gasteiger partial charge in [0.2, 0.25) is 5.88 Å². The Morgan fingerprint density at radius 2 is 2.00 bits per heavy atom. The van der Waals surface area contributed by atoms with Gasteiger partial charge in [0.05, 0.1) is 5.02 Å². The van der Waals surface area contributed by atoms with E-state index in [0.29, 0.717) is 0 Å². The number of hydrogen-bond donors (Lipinski definition) is 0. The first-order valence-electron chi connectivity index (χ1n) is 4.90. The molecule has 0 aliphatic carbocycles. The van der Waals surface area contributed by atoms with Crippen LogP contribution < -0.4 is 4.74 Å². The predicted molar refractivity (Wildman–Crippen MR) is 68.8 cm³/mol. The Hall–Kier alpha value is -1.37. The zero-order chi connectivity index (χ0) is 14.0. The van der Waals surface area contributed by atoms with Crippen LogP contribution in [0.5, 0.6) is 11.6 Å². The maximum Gasteiger partial charge on any atom is 0.266 e. The van der Waals surface area contributed by atoms with Crippen molar-refractivity contribution >= 4 is 31.3 Å². The molecule has 0 unspecified atom stereocenters. The smallest absolute Gasteiger partial charge is 0.266 e. The standard InChI is InChI=1S/C11H6Cl2FNO3S/c12-8-6-7(3-4-9(8)14)18-11-10(19(13,16)17)2-1-5-15-11/h1-6H. The van der Waals surface area contributed by atoms with E-state index in [2.05, 4.69) is 4.98 Å². The van der Waals surface area contributed by atoms with Crippen LogP contribution in [-0.2, 0) is 9.05 Å². The molecule has 0 N–H and O–H groups in total. The van der Waals surface area contributed by atoms with Gasteiger partial charge in [-0.3, -0.25) is 0 Å². The van der Waals surface area contributed by atoms with E-state index in [1.807, 2.05) is 0 Å². The summed E-state index contributed by atoms with van der Waals surface area (Å²) in [5.41, 5.74) is 0. The van der Waals surface area contributed by atoms with Gasteiger partial charge in [0, 0.05) is 22.9 Å². The van der Waals surface area contributed by atoms with Crippen LogP contribution in [0.4, 0.5) is 4.39 Å². The predicted octanol–water partition coefficient (Wildman–Crippen LogP) is 3.59. The molecule has 8 heteroatoms. The average molecular weight is 322 g/mol. The highest BCUT2D eigenvalue weighted by atomic mass is 35.7. The van der Waals surface area contributed by atoms with E-state index in [4.69, 9.17) is 27.0 Å². The van der Waals surface area contributed by atoms with Crippen molar-refractivity contribution in [1.29, 1.82) is 0 Å². The van der Waals surface area contributed by atoms with Gasteiger partial charge in [0.25, 0.3) is 9.05 Å². The van der Waals surface area contributed by atoms with E-state index < -0.39 is 14.9 Å². The lowest BCUT2D eigenvalue weighted by Crippen LogP contribution is -1.98. The third kappa shape index (κ3) is 3.34. The fourth-order valence-electron chi connectivity index (χ4n) is 1.29. The molecule has 2 aromatic rings. The number of aromatic nitrogens is 1. The van der Waals surface area contributed by atoms with Gasteiger partial charge in [0.15, 0.2) is 0 Å². The third-order valence-electron chi connectivity index (χ3n) is 2.10. The minimum atomic E-state index is -3.99. The molecule has 0 aliphatic rings. The lowest BCUT2D eigenvalue weighted by molar-refractivity contribution is 0.446. The van der Waals surface area contributed by atoms with E-state index in [9.17, 15) is 12.8 Å². The SMILES string of the molecule is O=S(=O)(Cl)c1cccnc1Oc1ccc(F)c(Cl)c1. The third-order valence-corrected chi connectivity index (χ3v) is 3.73. The highest BCUT2D eigenvalue weighted by Gasteiger charge is 2.18. The minimum absolute atomic E-state index is 0.145. The molecule has 1 aromatic carbocycles. The summed E-state index contributed by atoms with van der Waals surface area (Å²) in [6.07, 6.45) is 1.34. The van der Waals surface area contributed by atoms with E-state index in [1.54, 1.807) is 0 Å². The maximum atomic E-state index is 13.0. The number of nitrogens with zero attached hydrogens (tertiary/aromatic N) is 1. The summed E-state index contributed by atoms with van der Waals surface area (Å²) >= 11 is 5.59. The van der Waals surface area contributed by atoms with Crippen molar-refractivity contribution in [2.45, 2.75) is 4.90 Å². The lowest BCUT2D eigenvalue weighted by Gasteiger charge is -2.08. The van der Waals surface area contributed by atoms with Crippen molar-refractivity contribution in [2.24, 2.45) is 0 Å². The Kier molecular flexibility index (Phi) is 3.93. The second-order valence-electron chi connectivity index (χ2n) is 3.42. The molecular weight excluding hydrogens is 316 g/mol. The Morgan fingerprint density at radius 3 is 2.63 bits per heavy atom. The van der Waals surface area contributed by atoms with Crippen molar-refractivity contribution in [3.05, 3.63) is 47.4 Å². The van der Waals surface area contributed by atoms with Gasteiger partial charge in [-0.15, -0.1) is 0 Å². The normalized spacial score (nSPS) is 11.3. The Bertz CT molecular complexity index is 722. The molecule has 2 rings (SSSR count). The van der Waals surface area contributed by atoms with Crippen LogP contribution in [0.25, 0.3) is 0 Å². The second-order valence-corrected chi connectivity index (χ2v) is 6.36. The summed E-state index contributed by atoms with van der Waals surface area (Å²) < 4.78 is 40.9. The molecule has 0 bridgehead atoms. The number of halogens is 3. The quantitative estimate of drug-likeness (QED) is 0.810. The van der Waals surface area contributed by atoms with Crippen LogP contribution in [0.15, 0.2) is 41.4 Å². The van der Waals surface area contributed by atoms with E-state index in [0.717, 1.165) is 6.07 Å². The highest BCUT2D eigenvalue weighted by molar-refractivity contribution is 8.13. The number of hydrogen-bond acceptors (Lipinski definition) is 4. The first-order chi connectivity index (χ1) is 8.88. The van der Waals surface area contributed by atoms with Crippen LogP contribution >= 0.6 is 22.3 Å². The van der Waals surface area contributed by atoms with Crippen LogP contribution in [0.3, 0.4) is 0 Å². The average Bonchev–Trinajstić information content (AvgIpc) is 2.33. The second kappa shape index (κ2) is 5.32. The zero-order valence-corrected chi connectivity index (χ0v) is 11.5.